The quantitative estimate of drug-likeness (QED) is 0.407. The van der Waals surface area contributed by atoms with Gasteiger partial charge < -0.3 is 4.57 Å². The Labute approximate surface area is 204 Å². The van der Waals surface area contributed by atoms with Crippen LogP contribution in [0.4, 0.5) is 0 Å². The van der Waals surface area contributed by atoms with Gasteiger partial charge in [0.2, 0.25) is 0 Å². The highest BCUT2D eigenvalue weighted by atomic mass is 28.3. The summed E-state index contributed by atoms with van der Waals surface area (Å²) in [4.78, 5) is 0. The average Bonchev–Trinajstić information content (AvgIpc) is 3.19. The number of rotatable bonds is 3. The fraction of sp³-hybridized carbons (Fsp3) is 0.677. The molecule has 2 saturated carbocycles. The van der Waals surface area contributed by atoms with Crippen LogP contribution in [-0.4, -0.2) is 24.4 Å². The summed E-state index contributed by atoms with van der Waals surface area (Å²) >= 11 is 0. The minimum absolute atomic E-state index is 0.137. The molecule has 0 amide bonds. The summed E-state index contributed by atoms with van der Waals surface area (Å²) in [5, 5.41) is 0. The third-order valence-corrected chi connectivity index (χ3v) is 14.7. The predicted octanol–water partition coefficient (Wildman–Crippen LogP) is 8.58. The summed E-state index contributed by atoms with van der Waals surface area (Å²) in [6.07, 6.45) is 14.1. The second-order valence-corrected chi connectivity index (χ2v) is 18.3. The monoisotopic (exact) mass is 461 g/mol. The molecule has 1 aromatic rings. The fourth-order valence-electron chi connectivity index (χ4n) is 8.78. The molecule has 0 heterocycles. The number of hydrogen-bond acceptors (Lipinski definition) is 1. The first kappa shape index (κ1) is 23.6. The van der Waals surface area contributed by atoms with Gasteiger partial charge in [-0.15, -0.1) is 0 Å². The number of benzene rings is 1. The number of fused-ring (bicyclic) bond motifs is 4. The van der Waals surface area contributed by atoms with Gasteiger partial charge in [-0.3, -0.25) is 0 Å². The molecular weight excluding hydrogens is 414 g/mol. The maximum absolute atomic E-state index is 3.11. The van der Waals surface area contributed by atoms with E-state index in [-0.39, 0.29) is 11.0 Å². The maximum Gasteiger partial charge on any atom is 0.126 e. The second kappa shape index (κ2) is 7.95. The minimum Gasteiger partial charge on any atom is -0.316 e. The van der Waals surface area contributed by atoms with E-state index in [2.05, 4.69) is 95.6 Å². The molecule has 180 valence electrons. The Morgan fingerprint density at radius 3 is 2.27 bits per heavy atom. The summed E-state index contributed by atoms with van der Waals surface area (Å²) in [6.45, 7) is 20.4. The Hall–Kier alpha value is -1.12. The maximum atomic E-state index is 3.11. The van der Waals surface area contributed by atoms with E-state index in [4.69, 9.17) is 0 Å². The lowest BCUT2D eigenvalue weighted by Crippen LogP contribution is -2.64. The zero-order valence-electron chi connectivity index (χ0n) is 22.5. The first-order valence-electron chi connectivity index (χ1n) is 13.8. The van der Waals surface area contributed by atoms with Crippen molar-refractivity contribution in [3.63, 3.8) is 0 Å². The number of nitrogens with zero attached hydrogens (tertiary/aromatic N) is 1. The smallest absolute Gasteiger partial charge is 0.126 e. The Kier molecular flexibility index (Phi) is 5.69. The molecule has 2 fully saturated rings. The molecule has 33 heavy (non-hydrogen) atoms. The van der Waals surface area contributed by atoms with E-state index in [1.54, 1.807) is 11.1 Å². The summed E-state index contributed by atoms with van der Waals surface area (Å²) in [7, 11) is -1.68. The molecule has 0 spiro atoms. The fourth-order valence-corrected chi connectivity index (χ4v) is 14.3. The summed E-state index contributed by atoms with van der Waals surface area (Å²) in [5.41, 5.74) is 7.44. The van der Waals surface area contributed by atoms with E-state index in [1.165, 1.54) is 49.7 Å². The van der Waals surface area contributed by atoms with Crippen LogP contribution in [-0.2, 0) is 5.41 Å². The molecule has 4 aliphatic carbocycles. The average molecular weight is 462 g/mol. The van der Waals surface area contributed by atoms with Crippen LogP contribution in [0.15, 0.2) is 42.0 Å². The van der Waals surface area contributed by atoms with Gasteiger partial charge in [0, 0.05) is 17.0 Å². The second-order valence-electron chi connectivity index (χ2n) is 13.8. The third kappa shape index (κ3) is 3.66. The molecule has 0 N–H and O–H groups in total. The highest BCUT2D eigenvalue weighted by Crippen LogP contribution is 2.60. The van der Waals surface area contributed by atoms with Crippen LogP contribution in [0, 0.1) is 17.8 Å². The topological polar surface area (TPSA) is 3.24 Å². The molecular formula is C31H47NSi. The van der Waals surface area contributed by atoms with E-state index >= 15 is 0 Å². The van der Waals surface area contributed by atoms with Gasteiger partial charge in [0.15, 0.2) is 0 Å². The largest absolute Gasteiger partial charge is 0.316 e. The van der Waals surface area contributed by atoms with Crippen molar-refractivity contribution in [1.29, 1.82) is 0 Å². The van der Waals surface area contributed by atoms with Crippen LogP contribution in [0.3, 0.4) is 0 Å². The van der Waals surface area contributed by atoms with Crippen LogP contribution in [0.5, 0.6) is 0 Å². The lowest BCUT2D eigenvalue weighted by atomic mass is 9.75. The Bertz CT molecular complexity index is 969. The Morgan fingerprint density at radius 2 is 1.61 bits per heavy atom. The van der Waals surface area contributed by atoms with Crippen molar-refractivity contribution in [3.05, 3.63) is 53.1 Å². The van der Waals surface area contributed by atoms with Crippen molar-refractivity contribution >= 4 is 13.8 Å². The summed E-state index contributed by atoms with van der Waals surface area (Å²) in [5.74, 6) is 2.20. The van der Waals surface area contributed by atoms with Gasteiger partial charge in [-0.1, -0.05) is 89.5 Å². The molecule has 5 rings (SSSR count). The van der Waals surface area contributed by atoms with Gasteiger partial charge in [0.1, 0.15) is 8.24 Å². The zero-order valence-corrected chi connectivity index (χ0v) is 23.5. The SMILES string of the molecule is CC1CC([Si](C)(C)N(C2CCCCC2)C(C)(C)C)C2C=C3C(=CC12)C(C)(C)c1ccccc13. The van der Waals surface area contributed by atoms with Gasteiger partial charge in [0.25, 0.3) is 0 Å². The normalized spacial score (nSPS) is 31.7. The first-order valence-corrected chi connectivity index (χ1v) is 16.8. The third-order valence-electron chi connectivity index (χ3n) is 9.96. The molecule has 4 aliphatic rings. The van der Waals surface area contributed by atoms with E-state index in [0.717, 1.165) is 17.5 Å². The molecule has 0 aliphatic heterocycles. The lowest BCUT2D eigenvalue weighted by molar-refractivity contribution is 0.140. The van der Waals surface area contributed by atoms with Crippen molar-refractivity contribution < 1.29 is 0 Å². The van der Waals surface area contributed by atoms with Crippen molar-refractivity contribution in [1.82, 2.24) is 4.57 Å². The van der Waals surface area contributed by atoms with Crippen LogP contribution in [0.1, 0.15) is 91.2 Å². The minimum atomic E-state index is -1.68. The standard InChI is InChI=1S/C31H47NSi/c1-21-18-29(33(7,8)32(30(2,3)4)22-14-10-9-11-15-22)26-19-25-23-16-12-13-17-27(23)31(5,6)28(25)20-24(21)26/h12-13,16-17,19-22,24,26,29H,9-11,14-15,18H2,1-8H3. The van der Waals surface area contributed by atoms with Crippen LogP contribution < -0.4 is 0 Å². The van der Waals surface area contributed by atoms with Crippen LogP contribution in [0.25, 0.3) is 5.57 Å². The van der Waals surface area contributed by atoms with Gasteiger partial charge in [0.05, 0.1) is 0 Å². The number of allylic oxidation sites excluding steroid dienone is 4. The van der Waals surface area contributed by atoms with Gasteiger partial charge in [-0.2, -0.15) is 0 Å². The van der Waals surface area contributed by atoms with E-state index in [0.29, 0.717) is 11.8 Å². The van der Waals surface area contributed by atoms with E-state index in [1.807, 2.05) is 0 Å². The molecule has 0 radical (unpaired) electrons. The van der Waals surface area contributed by atoms with Crippen LogP contribution in [0.2, 0.25) is 18.6 Å². The highest BCUT2D eigenvalue weighted by Gasteiger charge is 2.55. The predicted molar refractivity (Wildman–Crippen MR) is 146 cm³/mol. The van der Waals surface area contributed by atoms with Crippen molar-refractivity contribution in [3.8, 4) is 0 Å². The molecule has 1 nitrogen and oxygen atoms in total. The molecule has 1 aromatic carbocycles. The van der Waals surface area contributed by atoms with Crippen molar-refractivity contribution in [2.45, 2.75) is 116 Å². The zero-order chi connectivity index (χ0) is 23.8. The molecule has 0 saturated heterocycles. The Morgan fingerprint density at radius 1 is 0.939 bits per heavy atom. The van der Waals surface area contributed by atoms with Crippen molar-refractivity contribution in [2.75, 3.05) is 0 Å². The van der Waals surface area contributed by atoms with Gasteiger partial charge in [-0.05, 0) is 85.6 Å². The highest BCUT2D eigenvalue weighted by molar-refractivity contribution is 6.76. The molecule has 0 bridgehead atoms. The van der Waals surface area contributed by atoms with E-state index in [9.17, 15) is 0 Å². The van der Waals surface area contributed by atoms with Gasteiger partial charge >= 0.3 is 0 Å². The van der Waals surface area contributed by atoms with Crippen molar-refractivity contribution in [2.24, 2.45) is 17.8 Å². The lowest BCUT2D eigenvalue weighted by Gasteiger charge is -2.55. The summed E-state index contributed by atoms with van der Waals surface area (Å²) < 4.78 is 3.11. The summed E-state index contributed by atoms with van der Waals surface area (Å²) in [6, 6.07) is 10.0. The molecule has 4 atom stereocenters. The molecule has 0 aromatic heterocycles. The van der Waals surface area contributed by atoms with Gasteiger partial charge in [-0.25, -0.2) is 0 Å². The van der Waals surface area contributed by atoms with E-state index < -0.39 is 8.24 Å². The Balaban J connectivity index is 1.56. The number of hydrogen-bond donors (Lipinski definition) is 0. The van der Waals surface area contributed by atoms with Crippen LogP contribution >= 0.6 is 0 Å². The first-order chi connectivity index (χ1) is 15.4. The molecule has 4 unspecified atom stereocenters. The molecule has 2 heteroatoms.